The van der Waals surface area contributed by atoms with E-state index in [2.05, 4.69) is 5.43 Å². The van der Waals surface area contributed by atoms with Crippen LogP contribution >= 0.6 is 23.2 Å². The number of anilines is 1. The van der Waals surface area contributed by atoms with Crippen LogP contribution < -0.4 is 10.3 Å². The fraction of sp³-hybridized carbons (Fsp3) is 0.619. The molecule has 1 aromatic carbocycles. The van der Waals surface area contributed by atoms with Gasteiger partial charge in [0.25, 0.3) is 0 Å². The number of benzene rings is 1. The van der Waals surface area contributed by atoms with Gasteiger partial charge in [-0.2, -0.15) is 4.41 Å². The van der Waals surface area contributed by atoms with E-state index in [-0.39, 0.29) is 12.3 Å². The van der Waals surface area contributed by atoms with Gasteiger partial charge in [-0.3, -0.25) is 13.9 Å². The highest BCUT2D eigenvalue weighted by Gasteiger charge is 2.54. The number of hydrogen-bond acceptors (Lipinski definition) is 8. The maximum atomic E-state index is 13.3. The fourth-order valence-corrected chi connectivity index (χ4v) is 5.17. The number of nitrogens with zero attached hydrogens (tertiary/aromatic N) is 4. The quantitative estimate of drug-likeness (QED) is 0.420. The van der Waals surface area contributed by atoms with E-state index in [0.29, 0.717) is 29.7 Å². The predicted molar refractivity (Wildman–Crippen MR) is 130 cm³/mol. The molecular weight excluding hydrogens is 505 g/mol. The van der Waals surface area contributed by atoms with Crippen LogP contribution in [0.15, 0.2) is 18.2 Å². The normalized spacial score (nSPS) is 25.5. The van der Waals surface area contributed by atoms with E-state index in [9.17, 15) is 18.4 Å². The number of piperazine rings is 1. The molecule has 10 nitrogen and oxygen atoms in total. The molecule has 190 valence electrons. The zero-order valence-electron chi connectivity index (χ0n) is 19.6. The van der Waals surface area contributed by atoms with Gasteiger partial charge in [-0.25, -0.2) is 10.2 Å². The van der Waals surface area contributed by atoms with Gasteiger partial charge in [0.2, 0.25) is 0 Å². The number of Topliss-reactive ketones (excluding diaryl/α,β-unsaturated/α-hetero) is 1. The molecule has 2 fully saturated rings. The largest absolute Gasteiger partial charge is 0.759 e. The Morgan fingerprint density at radius 2 is 1.88 bits per heavy atom. The molecule has 0 aromatic heterocycles. The van der Waals surface area contributed by atoms with Gasteiger partial charge in [-0.15, -0.1) is 5.06 Å². The van der Waals surface area contributed by atoms with Crippen molar-refractivity contribution in [3.63, 3.8) is 0 Å². The van der Waals surface area contributed by atoms with Crippen LogP contribution in [0.1, 0.15) is 33.6 Å². The molecule has 0 spiro atoms. The summed E-state index contributed by atoms with van der Waals surface area (Å²) in [6.45, 7) is 6.97. The number of halogens is 2. The second-order valence-electron chi connectivity index (χ2n) is 8.73. The summed E-state index contributed by atoms with van der Waals surface area (Å²) < 4.78 is 23.9. The van der Waals surface area contributed by atoms with Crippen molar-refractivity contribution < 1.29 is 23.2 Å². The third kappa shape index (κ3) is 5.51. The zero-order valence-corrected chi connectivity index (χ0v) is 22.0. The molecule has 0 radical (unpaired) electrons. The highest BCUT2D eigenvalue weighted by atomic mass is 35.5. The molecule has 34 heavy (non-hydrogen) atoms. The molecule has 1 amide bonds. The first-order valence-electron chi connectivity index (χ1n) is 11.0. The molecule has 0 saturated carbocycles. The lowest BCUT2D eigenvalue weighted by molar-refractivity contribution is -0.130. The maximum absolute atomic E-state index is 13.3. The molecule has 4 atom stereocenters. The topological polar surface area (TPSA) is 108 Å². The van der Waals surface area contributed by atoms with Gasteiger partial charge in [0, 0.05) is 50.2 Å². The van der Waals surface area contributed by atoms with E-state index in [1.54, 1.807) is 24.1 Å². The minimum absolute atomic E-state index is 0.239. The van der Waals surface area contributed by atoms with Crippen LogP contribution in [-0.2, 0) is 20.9 Å². The molecule has 1 N–H and O–H groups in total. The average Bonchev–Trinajstić information content (AvgIpc) is 3.28. The van der Waals surface area contributed by atoms with Crippen molar-refractivity contribution in [2.75, 3.05) is 38.1 Å². The van der Waals surface area contributed by atoms with Crippen molar-refractivity contribution >= 4 is 52.0 Å². The van der Waals surface area contributed by atoms with E-state index < -0.39 is 35.0 Å². The van der Waals surface area contributed by atoms with Crippen LogP contribution in [0.25, 0.3) is 0 Å². The molecule has 2 aliphatic heterocycles. The summed E-state index contributed by atoms with van der Waals surface area (Å²) in [5, 5.41) is 2.41. The Morgan fingerprint density at radius 3 is 2.44 bits per heavy atom. The van der Waals surface area contributed by atoms with Gasteiger partial charge in [-0.1, -0.05) is 23.2 Å². The number of hydrazine groups is 1. The number of amides is 1. The molecule has 2 saturated heterocycles. The van der Waals surface area contributed by atoms with E-state index in [4.69, 9.17) is 28.0 Å². The molecule has 2 heterocycles. The number of rotatable bonds is 7. The van der Waals surface area contributed by atoms with Crippen molar-refractivity contribution in [3.05, 3.63) is 28.2 Å². The van der Waals surface area contributed by atoms with E-state index in [0.717, 1.165) is 22.9 Å². The van der Waals surface area contributed by atoms with Crippen LogP contribution in [0, 0.1) is 0 Å². The Morgan fingerprint density at radius 1 is 1.24 bits per heavy atom. The Labute approximate surface area is 212 Å². The Hall–Kier alpha value is -1.47. The fourth-order valence-electron chi connectivity index (χ4n) is 4.68. The van der Waals surface area contributed by atoms with Crippen LogP contribution in [-0.4, -0.2) is 85.9 Å². The number of hydroxylamine groups is 2. The first kappa shape index (κ1) is 27.1. The SMILES string of the molecule is CC(=O)C(NN(C)S(=O)[O-])[C@@]1(C)C(C)N(c2ccc(Cl)c(Cl)c2)CCN1C(=O)ON1CCCC1. The van der Waals surface area contributed by atoms with Crippen LogP contribution in [0.3, 0.4) is 0 Å². The molecular formula is C21H30Cl2N5O5S-. The third-order valence-corrected chi connectivity index (χ3v) is 8.00. The van der Waals surface area contributed by atoms with Crippen LogP contribution in [0.4, 0.5) is 10.5 Å². The summed E-state index contributed by atoms with van der Waals surface area (Å²) in [4.78, 5) is 35.4. The molecule has 2 aliphatic rings. The molecule has 0 bridgehead atoms. The first-order chi connectivity index (χ1) is 16.0. The number of hydrogen-bond donors (Lipinski definition) is 1. The number of carbonyl (C=O) groups is 2. The summed E-state index contributed by atoms with van der Waals surface area (Å²) in [6, 6.07) is 3.74. The Balaban J connectivity index is 2.01. The van der Waals surface area contributed by atoms with Crippen molar-refractivity contribution in [3.8, 4) is 0 Å². The summed E-state index contributed by atoms with van der Waals surface area (Å²) in [6.07, 6.45) is 1.29. The van der Waals surface area contributed by atoms with Gasteiger partial charge >= 0.3 is 6.09 Å². The van der Waals surface area contributed by atoms with Gasteiger partial charge in [0.15, 0.2) is 5.78 Å². The van der Waals surface area contributed by atoms with Gasteiger partial charge < -0.3 is 14.3 Å². The van der Waals surface area contributed by atoms with E-state index in [1.807, 2.05) is 17.9 Å². The lowest BCUT2D eigenvalue weighted by atomic mass is 9.79. The minimum Gasteiger partial charge on any atom is -0.759 e. The smallest absolute Gasteiger partial charge is 0.429 e. The average molecular weight is 535 g/mol. The Kier molecular flexibility index (Phi) is 8.83. The molecule has 1 aromatic rings. The lowest BCUT2D eigenvalue weighted by Gasteiger charge is -2.56. The third-order valence-electron chi connectivity index (χ3n) is 6.71. The van der Waals surface area contributed by atoms with Gasteiger partial charge in [-0.05, 0) is 51.8 Å². The zero-order chi connectivity index (χ0) is 25.2. The number of nitrogens with one attached hydrogen (secondary N) is 1. The van der Waals surface area contributed by atoms with Gasteiger partial charge in [0.05, 0.1) is 21.6 Å². The second-order valence-corrected chi connectivity index (χ2v) is 10.5. The van der Waals surface area contributed by atoms with Crippen LogP contribution in [0.5, 0.6) is 0 Å². The molecule has 0 aliphatic carbocycles. The predicted octanol–water partition coefficient (Wildman–Crippen LogP) is 2.60. The molecule has 3 unspecified atom stereocenters. The van der Waals surface area contributed by atoms with Crippen molar-refractivity contribution in [1.29, 1.82) is 0 Å². The summed E-state index contributed by atoms with van der Waals surface area (Å²) in [5.74, 6) is -0.332. The highest BCUT2D eigenvalue weighted by molar-refractivity contribution is 7.76. The van der Waals surface area contributed by atoms with E-state index >= 15 is 0 Å². The van der Waals surface area contributed by atoms with E-state index in [1.165, 1.54) is 18.9 Å². The highest BCUT2D eigenvalue weighted by Crippen LogP contribution is 2.37. The maximum Gasteiger partial charge on any atom is 0.429 e. The summed E-state index contributed by atoms with van der Waals surface area (Å²) in [5.41, 5.74) is 2.34. The standard InChI is InChI=1S/C21H31Cl2N5O5S/c1-14(29)19(24-25(4)34(31)32)21(3)15(2)27(16-7-8-17(22)18(23)13-16)11-12-28(21)20(30)33-26-9-5-6-10-26/h7-8,13,15,19,24H,5-6,9-12H2,1-4H3,(H,31,32)/p-1/t15?,19?,21-/m1/s1. The first-order valence-corrected chi connectivity index (χ1v) is 12.8. The monoisotopic (exact) mass is 534 g/mol. The second kappa shape index (κ2) is 11.1. The van der Waals surface area contributed by atoms with Crippen molar-refractivity contribution in [2.24, 2.45) is 0 Å². The summed E-state index contributed by atoms with van der Waals surface area (Å²) >= 11 is 9.72. The van der Waals surface area contributed by atoms with Crippen molar-refractivity contribution in [1.82, 2.24) is 19.8 Å². The molecule has 13 heteroatoms. The van der Waals surface area contributed by atoms with Crippen molar-refractivity contribution in [2.45, 2.75) is 51.2 Å². The number of carbonyl (C=O) groups excluding carboxylic acids is 2. The Bertz CT molecular complexity index is 950. The summed E-state index contributed by atoms with van der Waals surface area (Å²) in [7, 11) is 1.29. The number of ketones is 1. The lowest BCUT2D eigenvalue weighted by Crippen LogP contribution is -2.76. The van der Waals surface area contributed by atoms with Crippen LogP contribution in [0.2, 0.25) is 10.0 Å². The molecule has 3 rings (SSSR count). The van der Waals surface area contributed by atoms with Gasteiger partial charge in [0.1, 0.15) is 6.04 Å². The minimum atomic E-state index is -2.63.